The van der Waals surface area contributed by atoms with Gasteiger partial charge in [-0.15, -0.1) is 0 Å². The lowest BCUT2D eigenvalue weighted by Crippen LogP contribution is -2.45. The van der Waals surface area contributed by atoms with Gasteiger partial charge in [0.1, 0.15) is 0 Å². The van der Waals surface area contributed by atoms with E-state index in [1.54, 1.807) is 0 Å². The zero-order valence-electron chi connectivity index (χ0n) is 12.3. The van der Waals surface area contributed by atoms with Gasteiger partial charge in [-0.25, -0.2) is 0 Å². The van der Waals surface area contributed by atoms with Gasteiger partial charge in [0, 0.05) is 12.1 Å². The minimum atomic E-state index is 0.425. The number of nitrogens with zero attached hydrogens (tertiary/aromatic N) is 1. The summed E-state index contributed by atoms with van der Waals surface area (Å²) in [5.74, 6) is 1.60. The summed E-state index contributed by atoms with van der Waals surface area (Å²) in [5.41, 5.74) is 6.25. The zero-order valence-corrected chi connectivity index (χ0v) is 12.3. The molecule has 1 fully saturated rings. The van der Waals surface area contributed by atoms with Crippen molar-refractivity contribution < 1.29 is 0 Å². The fraction of sp³-hybridized carbons (Fsp3) is 1.00. The predicted octanol–water partition coefficient (Wildman–Crippen LogP) is 3.26. The van der Waals surface area contributed by atoms with Crippen LogP contribution in [0.15, 0.2) is 0 Å². The lowest BCUT2D eigenvalue weighted by molar-refractivity contribution is 0.167. The Bertz CT molecular complexity index is 189. The highest BCUT2D eigenvalue weighted by Gasteiger charge is 2.29. The van der Waals surface area contributed by atoms with E-state index in [1.165, 1.54) is 45.2 Å². The molecule has 0 amide bonds. The fourth-order valence-corrected chi connectivity index (χ4v) is 2.71. The summed E-state index contributed by atoms with van der Waals surface area (Å²) in [6.45, 7) is 11.7. The summed E-state index contributed by atoms with van der Waals surface area (Å²) in [6, 6.07) is 1.09. The van der Waals surface area contributed by atoms with E-state index in [9.17, 15) is 0 Å². The average molecular weight is 240 g/mol. The second-order valence-corrected chi connectivity index (χ2v) is 6.56. The van der Waals surface area contributed by atoms with Gasteiger partial charge in [-0.1, -0.05) is 34.1 Å². The van der Waals surface area contributed by atoms with Gasteiger partial charge >= 0.3 is 0 Å². The molecule has 0 aromatic heterocycles. The van der Waals surface area contributed by atoms with Crippen molar-refractivity contribution in [3.63, 3.8) is 0 Å². The molecular weight excluding hydrogens is 208 g/mol. The molecule has 17 heavy (non-hydrogen) atoms. The van der Waals surface area contributed by atoms with E-state index in [4.69, 9.17) is 5.73 Å². The molecule has 0 bridgehead atoms. The van der Waals surface area contributed by atoms with Crippen molar-refractivity contribution in [2.45, 2.75) is 71.9 Å². The van der Waals surface area contributed by atoms with Crippen molar-refractivity contribution in [2.75, 3.05) is 13.1 Å². The van der Waals surface area contributed by atoms with E-state index >= 15 is 0 Å². The van der Waals surface area contributed by atoms with Crippen LogP contribution in [-0.4, -0.2) is 30.1 Å². The Labute approximate surface area is 108 Å². The third-order valence-corrected chi connectivity index (χ3v) is 3.99. The maximum Gasteiger partial charge on any atom is 0.0247 e. The van der Waals surface area contributed by atoms with E-state index in [0.717, 1.165) is 11.8 Å². The Morgan fingerprint density at radius 2 is 1.53 bits per heavy atom. The number of rotatable bonds is 7. The first-order chi connectivity index (χ1) is 8.00. The second-order valence-electron chi connectivity index (χ2n) is 6.56. The Kier molecular flexibility index (Phi) is 6.50. The van der Waals surface area contributed by atoms with Gasteiger partial charge in [-0.2, -0.15) is 0 Å². The molecule has 2 nitrogen and oxygen atoms in total. The van der Waals surface area contributed by atoms with Gasteiger partial charge in [-0.05, 0) is 50.6 Å². The average Bonchev–Trinajstić information content (AvgIpc) is 2.64. The van der Waals surface area contributed by atoms with Crippen LogP contribution in [0.1, 0.15) is 59.8 Å². The first-order valence-corrected chi connectivity index (χ1v) is 7.50. The third kappa shape index (κ3) is 5.39. The number of nitrogens with two attached hydrogens (primary N) is 1. The molecule has 2 N–H and O–H groups in total. The van der Waals surface area contributed by atoms with Crippen LogP contribution in [0.5, 0.6) is 0 Å². The normalized spacial score (nSPS) is 25.4. The van der Waals surface area contributed by atoms with Crippen LogP contribution in [0.25, 0.3) is 0 Å². The van der Waals surface area contributed by atoms with E-state index < -0.39 is 0 Å². The molecule has 0 saturated heterocycles. The van der Waals surface area contributed by atoms with Crippen LogP contribution in [0, 0.1) is 11.8 Å². The van der Waals surface area contributed by atoms with E-state index in [1.807, 2.05) is 0 Å². The molecule has 1 aliphatic carbocycles. The molecule has 0 aliphatic heterocycles. The minimum absolute atomic E-state index is 0.425. The highest BCUT2D eigenvalue weighted by atomic mass is 15.2. The SMILES string of the molecule is CC(C)CCN(CCC(C)C)C1CCCC1N. The molecule has 2 heteroatoms. The molecular formula is C15H32N2. The molecule has 1 aliphatic rings. The van der Waals surface area contributed by atoms with Crippen molar-refractivity contribution in [3.05, 3.63) is 0 Å². The molecule has 0 spiro atoms. The second kappa shape index (κ2) is 7.38. The van der Waals surface area contributed by atoms with Gasteiger partial charge in [0.25, 0.3) is 0 Å². The molecule has 0 radical (unpaired) electrons. The van der Waals surface area contributed by atoms with Crippen LogP contribution in [0.3, 0.4) is 0 Å². The van der Waals surface area contributed by atoms with Crippen LogP contribution in [0.2, 0.25) is 0 Å². The Balaban J connectivity index is 2.45. The third-order valence-electron chi connectivity index (χ3n) is 3.99. The molecule has 102 valence electrons. The van der Waals surface area contributed by atoms with Crippen molar-refractivity contribution in [2.24, 2.45) is 17.6 Å². The van der Waals surface area contributed by atoms with Crippen LogP contribution in [0.4, 0.5) is 0 Å². The summed E-state index contributed by atoms with van der Waals surface area (Å²) < 4.78 is 0. The van der Waals surface area contributed by atoms with E-state index in [2.05, 4.69) is 32.6 Å². The summed E-state index contributed by atoms with van der Waals surface area (Å²) in [5, 5.41) is 0. The summed E-state index contributed by atoms with van der Waals surface area (Å²) in [7, 11) is 0. The predicted molar refractivity (Wildman–Crippen MR) is 76.1 cm³/mol. The maximum atomic E-state index is 6.25. The quantitative estimate of drug-likeness (QED) is 0.740. The topological polar surface area (TPSA) is 29.3 Å². The molecule has 0 heterocycles. The van der Waals surface area contributed by atoms with Crippen LogP contribution in [-0.2, 0) is 0 Å². The molecule has 0 aromatic rings. The number of hydrogen-bond acceptors (Lipinski definition) is 2. The van der Waals surface area contributed by atoms with Crippen LogP contribution >= 0.6 is 0 Å². The molecule has 1 saturated carbocycles. The highest BCUT2D eigenvalue weighted by Crippen LogP contribution is 2.24. The van der Waals surface area contributed by atoms with Crippen molar-refractivity contribution in [3.8, 4) is 0 Å². The van der Waals surface area contributed by atoms with Crippen molar-refractivity contribution in [1.82, 2.24) is 4.90 Å². The van der Waals surface area contributed by atoms with Crippen LogP contribution < -0.4 is 5.73 Å². The molecule has 2 unspecified atom stereocenters. The lowest BCUT2D eigenvalue weighted by Gasteiger charge is -2.32. The van der Waals surface area contributed by atoms with Gasteiger partial charge < -0.3 is 5.73 Å². The number of hydrogen-bond donors (Lipinski definition) is 1. The first kappa shape index (κ1) is 15.0. The Morgan fingerprint density at radius 3 is 1.88 bits per heavy atom. The van der Waals surface area contributed by atoms with Crippen molar-refractivity contribution >= 4 is 0 Å². The first-order valence-electron chi connectivity index (χ1n) is 7.50. The Hall–Kier alpha value is -0.0800. The highest BCUT2D eigenvalue weighted by molar-refractivity contribution is 4.88. The van der Waals surface area contributed by atoms with Gasteiger partial charge in [0.2, 0.25) is 0 Å². The molecule has 0 aromatic carbocycles. The smallest absolute Gasteiger partial charge is 0.0247 e. The monoisotopic (exact) mass is 240 g/mol. The van der Waals surface area contributed by atoms with Crippen molar-refractivity contribution in [1.29, 1.82) is 0 Å². The summed E-state index contributed by atoms with van der Waals surface area (Å²) in [4.78, 5) is 2.68. The maximum absolute atomic E-state index is 6.25. The Morgan fingerprint density at radius 1 is 1.00 bits per heavy atom. The lowest BCUT2D eigenvalue weighted by atomic mass is 10.0. The van der Waals surface area contributed by atoms with E-state index in [0.29, 0.717) is 12.1 Å². The summed E-state index contributed by atoms with van der Waals surface area (Å²) in [6.07, 6.45) is 6.48. The van der Waals surface area contributed by atoms with Gasteiger partial charge in [0.05, 0.1) is 0 Å². The van der Waals surface area contributed by atoms with Gasteiger partial charge in [0.15, 0.2) is 0 Å². The zero-order chi connectivity index (χ0) is 12.8. The summed E-state index contributed by atoms with van der Waals surface area (Å²) >= 11 is 0. The fourth-order valence-electron chi connectivity index (χ4n) is 2.71. The minimum Gasteiger partial charge on any atom is -0.326 e. The van der Waals surface area contributed by atoms with E-state index in [-0.39, 0.29) is 0 Å². The molecule has 2 atom stereocenters. The van der Waals surface area contributed by atoms with Gasteiger partial charge in [-0.3, -0.25) is 4.90 Å². The molecule has 1 rings (SSSR count). The largest absolute Gasteiger partial charge is 0.326 e. The standard InChI is InChI=1S/C15H32N2/c1-12(2)8-10-17(11-9-13(3)4)15-7-5-6-14(15)16/h12-15H,5-11,16H2,1-4H3.